The molecule has 5 nitrogen and oxygen atoms in total. The maximum atomic E-state index is 12.3. The zero-order chi connectivity index (χ0) is 14.1. The van der Waals surface area contributed by atoms with E-state index in [1.165, 1.54) is 0 Å². The lowest BCUT2D eigenvalue weighted by Gasteiger charge is -2.31. The number of aryl methyl sites for hydroxylation is 1. The summed E-state index contributed by atoms with van der Waals surface area (Å²) in [6.45, 7) is 3.39. The van der Waals surface area contributed by atoms with Gasteiger partial charge in [0.15, 0.2) is 11.0 Å². The molecule has 1 aliphatic rings. The largest absolute Gasteiger partial charge is 0.440 e. The van der Waals surface area contributed by atoms with Crippen LogP contribution in [0.2, 0.25) is 5.22 Å². The highest BCUT2D eigenvalue weighted by Gasteiger charge is 2.28. The van der Waals surface area contributed by atoms with E-state index in [1.54, 1.807) is 12.1 Å². The number of carbonyl (C=O) groups excluding carboxylic acids is 1. The summed E-state index contributed by atoms with van der Waals surface area (Å²) in [4.78, 5) is 14.2. The van der Waals surface area contributed by atoms with Crippen molar-refractivity contribution in [1.29, 1.82) is 0 Å². The topological polar surface area (TPSA) is 62.1 Å². The van der Waals surface area contributed by atoms with Crippen molar-refractivity contribution in [3.63, 3.8) is 0 Å². The van der Waals surface area contributed by atoms with Crippen molar-refractivity contribution < 1.29 is 9.21 Å². The van der Waals surface area contributed by atoms with Gasteiger partial charge < -0.3 is 9.32 Å². The zero-order valence-electron chi connectivity index (χ0n) is 11.2. The minimum atomic E-state index is -0.103. The molecule has 0 aliphatic carbocycles. The first kappa shape index (κ1) is 13.2. The molecule has 1 aliphatic heterocycles. The van der Waals surface area contributed by atoms with Crippen LogP contribution in [0.5, 0.6) is 0 Å². The van der Waals surface area contributed by atoms with Crippen LogP contribution in [0.1, 0.15) is 40.7 Å². The Morgan fingerprint density at radius 1 is 1.55 bits per heavy atom. The van der Waals surface area contributed by atoms with Crippen LogP contribution < -0.4 is 0 Å². The van der Waals surface area contributed by atoms with E-state index in [0.29, 0.717) is 12.3 Å². The summed E-state index contributed by atoms with van der Waals surface area (Å²) in [6, 6.07) is 5.25. The minimum absolute atomic E-state index is 0.103. The summed E-state index contributed by atoms with van der Waals surface area (Å²) in [7, 11) is 0. The fraction of sp³-hybridized carbons (Fsp3) is 0.429. The molecule has 0 aromatic carbocycles. The number of rotatable bonds is 2. The number of hydrogen-bond acceptors (Lipinski definition) is 3. The molecule has 2 aromatic rings. The van der Waals surface area contributed by atoms with Gasteiger partial charge in [-0.3, -0.25) is 9.89 Å². The summed E-state index contributed by atoms with van der Waals surface area (Å²) in [5.74, 6) is 0.478. The minimum Gasteiger partial charge on any atom is -0.440 e. The van der Waals surface area contributed by atoms with Gasteiger partial charge in [-0.1, -0.05) is 0 Å². The molecule has 106 valence electrons. The summed E-state index contributed by atoms with van der Waals surface area (Å²) in [5.41, 5.74) is 2.07. The second-order valence-electron chi connectivity index (χ2n) is 5.17. The van der Waals surface area contributed by atoms with Crippen LogP contribution in [0.25, 0.3) is 0 Å². The third-order valence-electron chi connectivity index (χ3n) is 3.64. The molecule has 20 heavy (non-hydrogen) atoms. The number of nitrogens with zero attached hydrogens (tertiary/aromatic N) is 2. The standard InChI is InChI=1S/C14H16ClN3O2/c1-9-7-11(17-16-9)10-3-2-6-18(8-10)14(19)12-4-5-13(15)20-12/h4-5,7,10H,2-3,6,8H2,1H3,(H,16,17)/t10-/m0/s1. The molecule has 1 amide bonds. The van der Waals surface area contributed by atoms with E-state index in [4.69, 9.17) is 16.0 Å². The molecule has 0 unspecified atom stereocenters. The van der Waals surface area contributed by atoms with E-state index >= 15 is 0 Å². The Balaban J connectivity index is 1.73. The maximum Gasteiger partial charge on any atom is 0.289 e. The van der Waals surface area contributed by atoms with Gasteiger partial charge in [0.2, 0.25) is 0 Å². The summed E-state index contributed by atoms with van der Waals surface area (Å²) < 4.78 is 5.20. The van der Waals surface area contributed by atoms with E-state index in [-0.39, 0.29) is 17.0 Å². The second kappa shape index (κ2) is 5.32. The Morgan fingerprint density at radius 3 is 3.05 bits per heavy atom. The number of nitrogens with one attached hydrogen (secondary N) is 1. The van der Waals surface area contributed by atoms with Crippen molar-refractivity contribution in [3.8, 4) is 0 Å². The predicted molar refractivity (Wildman–Crippen MR) is 74.9 cm³/mol. The molecule has 1 atom stereocenters. The number of furan rings is 1. The van der Waals surface area contributed by atoms with Gasteiger partial charge in [0.25, 0.3) is 5.91 Å². The number of piperidine rings is 1. The maximum absolute atomic E-state index is 12.3. The number of halogens is 1. The fourth-order valence-corrected chi connectivity index (χ4v) is 2.78. The van der Waals surface area contributed by atoms with E-state index < -0.39 is 0 Å². The smallest absolute Gasteiger partial charge is 0.289 e. The third-order valence-corrected chi connectivity index (χ3v) is 3.84. The molecule has 1 N–H and O–H groups in total. The van der Waals surface area contributed by atoms with Crippen molar-refractivity contribution in [2.24, 2.45) is 0 Å². The molecule has 0 spiro atoms. The van der Waals surface area contributed by atoms with Crippen LogP contribution in [0.3, 0.4) is 0 Å². The van der Waals surface area contributed by atoms with E-state index in [1.807, 2.05) is 17.9 Å². The molecule has 3 rings (SSSR count). The Hall–Kier alpha value is -1.75. The first-order valence-corrected chi connectivity index (χ1v) is 7.08. The van der Waals surface area contributed by atoms with Gasteiger partial charge in [0, 0.05) is 24.7 Å². The second-order valence-corrected chi connectivity index (χ2v) is 5.54. The number of hydrogen-bond donors (Lipinski definition) is 1. The highest BCUT2D eigenvalue weighted by molar-refractivity contribution is 6.29. The number of amides is 1. The van der Waals surface area contributed by atoms with Crippen LogP contribution in [-0.4, -0.2) is 34.1 Å². The molecule has 0 bridgehead atoms. The number of H-pyrrole nitrogens is 1. The van der Waals surface area contributed by atoms with Gasteiger partial charge in [-0.05, 0) is 49.6 Å². The number of carbonyl (C=O) groups is 1. The Morgan fingerprint density at radius 2 is 2.40 bits per heavy atom. The van der Waals surface area contributed by atoms with Crippen molar-refractivity contribution >= 4 is 17.5 Å². The molecule has 0 radical (unpaired) electrons. The van der Waals surface area contributed by atoms with Crippen LogP contribution in [0.4, 0.5) is 0 Å². The summed E-state index contributed by atoms with van der Waals surface area (Å²) in [6.07, 6.45) is 2.02. The van der Waals surface area contributed by atoms with Crippen molar-refractivity contribution in [1.82, 2.24) is 15.1 Å². The van der Waals surface area contributed by atoms with Crippen LogP contribution in [0, 0.1) is 6.92 Å². The summed E-state index contributed by atoms with van der Waals surface area (Å²) in [5, 5.41) is 7.50. The molecule has 0 saturated carbocycles. The Kier molecular flexibility index (Phi) is 3.53. The Bertz CT molecular complexity index is 619. The molecule has 1 saturated heterocycles. The van der Waals surface area contributed by atoms with Crippen molar-refractivity contribution in [3.05, 3.63) is 40.6 Å². The molecule has 3 heterocycles. The number of aromatic amines is 1. The van der Waals surface area contributed by atoms with Gasteiger partial charge in [-0.15, -0.1) is 0 Å². The average molecular weight is 294 g/mol. The predicted octanol–water partition coefficient (Wildman–Crippen LogP) is 2.98. The lowest BCUT2D eigenvalue weighted by Crippen LogP contribution is -2.39. The molecule has 1 fully saturated rings. The van der Waals surface area contributed by atoms with E-state index in [0.717, 1.165) is 30.8 Å². The third kappa shape index (κ3) is 2.58. The fourth-order valence-electron chi connectivity index (χ4n) is 2.64. The average Bonchev–Trinajstić information content (AvgIpc) is 3.07. The molecule has 6 heteroatoms. The highest BCUT2D eigenvalue weighted by atomic mass is 35.5. The van der Waals surface area contributed by atoms with Crippen LogP contribution in [-0.2, 0) is 0 Å². The quantitative estimate of drug-likeness (QED) is 0.926. The highest BCUT2D eigenvalue weighted by Crippen LogP contribution is 2.27. The molecular formula is C14H16ClN3O2. The SMILES string of the molecule is Cc1cc([C@H]2CCCN(C(=O)c3ccc(Cl)o3)C2)n[nH]1. The van der Waals surface area contributed by atoms with Crippen LogP contribution in [0.15, 0.2) is 22.6 Å². The zero-order valence-corrected chi connectivity index (χ0v) is 12.0. The van der Waals surface area contributed by atoms with Gasteiger partial charge in [-0.2, -0.15) is 5.10 Å². The first-order valence-electron chi connectivity index (χ1n) is 6.70. The lowest BCUT2D eigenvalue weighted by molar-refractivity contribution is 0.0674. The normalized spacial score (nSPS) is 19.3. The number of aromatic nitrogens is 2. The van der Waals surface area contributed by atoms with Crippen molar-refractivity contribution in [2.75, 3.05) is 13.1 Å². The number of likely N-dealkylation sites (tertiary alicyclic amines) is 1. The Labute approximate surface area is 121 Å². The summed E-state index contributed by atoms with van der Waals surface area (Å²) >= 11 is 5.72. The van der Waals surface area contributed by atoms with Gasteiger partial charge >= 0.3 is 0 Å². The van der Waals surface area contributed by atoms with E-state index in [2.05, 4.69) is 10.2 Å². The van der Waals surface area contributed by atoms with Gasteiger partial charge in [0.05, 0.1) is 5.69 Å². The first-order chi connectivity index (χ1) is 9.63. The van der Waals surface area contributed by atoms with Gasteiger partial charge in [-0.25, -0.2) is 0 Å². The monoisotopic (exact) mass is 293 g/mol. The van der Waals surface area contributed by atoms with E-state index in [9.17, 15) is 4.79 Å². The lowest BCUT2D eigenvalue weighted by atomic mass is 9.94. The molecular weight excluding hydrogens is 278 g/mol. The van der Waals surface area contributed by atoms with Gasteiger partial charge in [0.1, 0.15) is 0 Å². The van der Waals surface area contributed by atoms with Crippen LogP contribution >= 0.6 is 11.6 Å². The van der Waals surface area contributed by atoms with Crippen molar-refractivity contribution in [2.45, 2.75) is 25.7 Å². The molecule has 2 aromatic heterocycles.